The SMILES string of the molecule is C=CC(C=C)(C(C)=O)c1ccccc1. The van der Waals surface area contributed by atoms with Crippen LogP contribution in [0.3, 0.4) is 0 Å². The smallest absolute Gasteiger partial charge is 0.147 e. The second kappa shape index (κ2) is 4.05. The first-order chi connectivity index (χ1) is 6.67. The lowest BCUT2D eigenvalue weighted by atomic mass is 9.77. The Hall–Kier alpha value is -1.63. The average molecular weight is 186 g/mol. The standard InChI is InChI=1S/C13H14O/c1-4-13(5-2,11(3)14)12-9-7-6-8-10-12/h4-10H,1-2H2,3H3. The van der Waals surface area contributed by atoms with Crippen molar-refractivity contribution in [1.29, 1.82) is 0 Å². The fourth-order valence-electron chi connectivity index (χ4n) is 1.52. The van der Waals surface area contributed by atoms with Crippen LogP contribution in [0.15, 0.2) is 55.6 Å². The largest absolute Gasteiger partial charge is 0.298 e. The molecule has 0 fully saturated rings. The second-order valence-corrected chi connectivity index (χ2v) is 3.20. The lowest BCUT2D eigenvalue weighted by Crippen LogP contribution is -2.28. The highest BCUT2D eigenvalue weighted by molar-refractivity contribution is 5.92. The summed E-state index contributed by atoms with van der Waals surface area (Å²) in [7, 11) is 0. The molecule has 72 valence electrons. The molecule has 1 nitrogen and oxygen atoms in total. The van der Waals surface area contributed by atoms with Crippen molar-refractivity contribution in [1.82, 2.24) is 0 Å². The molecule has 14 heavy (non-hydrogen) atoms. The highest BCUT2D eigenvalue weighted by Gasteiger charge is 2.30. The van der Waals surface area contributed by atoms with Crippen LogP contribution in [0.1, 0.15) is 12.5 Å². The lowest BCUT2D eigenvalue weighted by molar-refractivity contribution is -0.119. The summed E-state index contributed by atoms with van der Waals surface area (Å²) in [6.07, 6.45) is 3.27. The number of Topliss-reactive ketones (excluding diaryl/α,β-unsaturated/α-hetero) is 1. The molecule has 0 spiro atoms. The molecule has 0 amide bonds. The van der Waals surface area contributed by atoms with E-state index >= 15 is 0 Å². The van der Waals surface area contributed by atoms with E-state index in [4.69, 9.17) is 0 Å². The predicted molar refractivity (Wildman–Crippen MR) is 59.2 cm³/mol. The number of hydrogen-bond donors (Lipinski definition) is 0. The molecule has 1 heteroatoms. The van der Waals surface area contributed by atoms with Crippen molar-refractivity contribution in [3.63, 3.8) is 0 Å². The van der Waals surface area contributed by atoms with E-state index in [-0.39, 0.29) is 5.78 Å². The Bertz CT molecular complexity index is 341. The van der Waals surface area contributed by atoms with Gasteiger partial charge in [0.2, 0.25) is 0 Å². The molecule has 0 saturated carbocycles. The van der Waals surface area contributed by atoms with Crippen LogP contribution >= 0.6 is 0 Å². The molecule has 0 atom stereocenters. The van der Waals surface area contributed by atoms with Crippen LogP contribution in [0.5, 0.6) is 0 Å². The number of hydrogen-bond acceptors (Lipinski definition) is 1. The minimum atomic E-state index is -0.735. The predicted octanol–water partition coefficient (Wildman–Crippen LogP) is 2.89. The van der Waals surface area contributed by atoms with E-state index in [1.807, 2.05) is 30.3 Å². The van der Waals surface area contributed by atoms with Gasteiger partial charge >= 0.3 is 0 Å². The molecule has 0 N–H and O–H groups in total. The van der Waals surface area contributed by atoms with E-state index in [1.54, 1.807) is 19.1 Å². The van der Waals surface area contributed by atoms with Crippen molar-refractivity contribution in [3.05, 3.63) is 61.2 Å². The van der Waals surface area contributed by atoms with Gasteiger partial charge in [-0.3, -0.25) is 4.79 Å². The quantitative estimate of drug-likeness (QED) is 0.661. The van der Waals surface area contributed by atoms with Gasteiger partial charge in [0.25, 0.3) is 0 Å². The fourth-order valence-corrected chi connectivity index (χ4v) is 1.52. The Morgan fingerprint density at radius 1 is 1.21 bits per heavy atom. The van der Waals surface area contributed by atoms with Crippen molar-refractivity contribution in [2.45, 2.75) is 12.3 Å². The molecule has 0 aliphatic heterocycles. The van der Waals surface area contributed by atoms with E-state index in [0.717, 1.165) is 5.56 Å². The first kappa shape index (κ1) is 10.5. The molecule has 0 aliphatic rings. The summed E-state index contributed by atoms with van der Waals surface area (Å²) in [5, 5.41) is 0. The Balaban J connectivity index is 3.32. The fraction of sp³-hybridized carbons (Fsp3) is 0.154. The van der Waals surface area contributed by atoms with Gasteiger partial charge in [0.1, 0.15) is 5.78 Å². The van der Waals surface area contributed by atoms with Gasteiger partial charge in [-0.2, -0.15) is 0 Å². The molecule has 0 unspecified atom stereocenters. The minimum absolute atomic E-state index is 0.0358. The van der Waals surface area contributed by atoms with Gasteiger partial charge in [-0.1, -0.05) is 42.5 Å². The van der Waals surface area contributed by atoms with E-state index in [2.05, 4.69) is 13.2 Å². The Morgan fingerprint density at radius 2 is 1.71 bits per heavy atom. The topological polar surface area (TPSA) is 17.1 Å². The molecule has 0 aromatic heterocycles. The molecular weight excluding hydrogens is 172 g/mol. The summed E-state index contributed by atoms with van der Waals surface area (Å²) in [4.78, 5) is 11.6. The van der Waals surface area contributed by atoms with Gasteiger partial charge in [-0.15, -0.1) is 13.2 Å². The van der Waals surface area contributed by atoms with Gasteiger partial charge in [0.15, 0.2) is 0 Å². The molecule has 0 bridgehead atoms. The zero-order valence-electron chi connectivity index (χ0n) is 8.36. The second-order valence-electron chi connectivity index (χ2n) is 3.20. The van der Waals surface area contributed by atoms with Gasteiger partial charge < -0.3 is 0 Å². The molecule has 0 heterocycles. The molecule has 1 aromatic rings. The molecule has 0 saturated heterocycles. The number of benzene rings is 1. The number of rotatable bonds is 4. The Kier molecular flexibility index (Phi) is 3.03. The molecule has 0 radical (unpaired) electrons. The zero-order chi connectivity index (χ0) is 10.6. The van der Waals surface area contributed by atoms with Gasteiger partial charge in [-0.05, 0) is 12.5 Å². The molecule has 0 aliphatic carbocycles. The van der Waals surface area contributed by atoms with Crippen LogP contribution < -0.4 is 0 Å². The van der Waals surface area contributed by atoms with E-state index in [1.165, 1.54) is 0 Å². The third kappa shape index (κ3) is 1.53. The van der Waals surface area contributed by atoms with Gasteiger partial charge in [-0.25, -0.2) is 0 Å². The van der Waals surface area contributed by atoms with Crippen molar-refractivity contribution in [2.24, 2.45) is 0 Å². The third-order valence-electron chi connectivity index (χ3n) is 2.48. The van der Waals surface area contributed by atoms with Crippen molar-refractivity contribution < 1.29 is 4.79 Å². The summed E-state index contributed by atoms with van der Waals surface area (Å²) < 4.78 is 0. The van der Waals surface area contributed by atoms with Crippen molar-refractivity contribution in [3.8, 4) is 0 Å². The average Bonchev–Trinajstić information content (AvgIpc) is 2.22. The van der Waals surface area contributed by atoms with E-state index < -0.39 is 5.41 Å². The Labute approximate surface area is 84.8 Å². The van der Waals surface area contributed by atoms with Crippen LogP contribution in [-0.2, 0) is 10.2 Å². The number of ketones is 1. The highest BCUT2D eigenvalue weighted by Crippen LogP contribution is 2.27. The number of carbonyl (C=O) groups is 1. The maximum absolute atomic E-state index is 11.6. The lowest BCUT2D eigenvalue weighted by Gasteiger charge is -2.23. The molecule has 1 rings (SSSR count). The highest BCUT2D eigenvalue weighted by atomic mass is 16.1. The normalized spacial score (nSPS) is 10.6. The third-order valence-corrected chi connectivity index (χ3v) is 2.48. The van der Waals surface area contributed by atoms with E-state index in [9.17, 15) is 4.79 Å². The Morgan fingerprint density at radius 3 is 2.07 bits per heavy atom. The summed E-state index contributed by atoms with van der Waals surface area (Å²) in [5.41, 5.74) is 0.179. The summed E-state index contributed by atoms with van der Waals surface area (Å²) in [6.45, 7) is 8.97. The van der Waals surface area contributed by atoms with Crippen molar-refractivity contribution >= 4 is 5.78 Å². The summed E-state index contributed by atoms with van der Waals surface area (Å²) in [5.74, 6) is 0.0358. The monoisotopic (exact) mass is 186 g/mol. The first-order valence-electron chi connectivity index (χ1n) is 4.51. The summed E-state index contributed by atoms with van der Waals surface area (Å²) in [6, 6.07) is 9.54. The number of carbonyl (C=O) groups excluding carboxylic acids is 1. The van der Waals surface area contributed by atoms with Gasteiger partial charge in [0, 0.05) is 0 Å². The van der Waals surface area contributed by atoms with Gasteiger partial charge in [0.05, 0.1) is 5.41 Å². The van der Waals surface area contributed by atoms with E-state index in [0.29, 0.717) is 0 Å². The first-order valence-corrected chi connectivity index (χ1v) is 4.51. The molecular formula is C13H14O. The van der Waals surface area contributed by atoms with Crippen LogP contribution in [0.4, 0.5) is 0 Å². The van der Waals surface area contributed by atoms with Crippen LogP contribution in [0.2, 0.25) is 0 Å². The van der Waals surface area contributed by atoms with Crippen LogP contribution in [0, 0.1) is 0 Å². The maximum atomic E-state index is 11.6. The number of allylic oxidation sites excluding steroid dienone is 2. The summed E-state index contributed by atoms with van der Waals surface area (Å²) >= 11 is 0. The maximum Gasteiger partial charge on any atom is 0.147 e. The zero-order valence-corrected chi connectivity index (χ0v) is 8.36. The van der Waals surface area contributed by atoms with Crippen LogP contribution in [-0.4, -0.2) is 5.78 Å². The molecule has 1 aromatic carbocycles. The van der Waals surface area contributed by atoms with Crippen LogP contribution in [0.25, 0.3) is 0 Å². The minimum Gasteiger partial charge on any atom is -0.298 e. The van der Waals surface area contributed by atoms with Crippen molar-refractivity contribution in [2.75, 3.05) is 0 Å².